The lowest BCUT2D eigenvalue weighted by Gasteiger charge is -2.21. The molecule has 128 valence electrons. The van der Waals surface area contributed by atoms with Crippen molar-refractivity contribution in [2.24, 2.45) is 9.98 Å². The van der Waals surface area contributed by atoms with Crippen LogP contribution in [0.5, 0.6) is 0 Å². The molecule has 4 nitrogen and oxygen atoms in total. The zero-order chi connectivity index (χ0) is 17.3. The summed E-state index contributed by atoms with van der Waals surface area (Å²) in [5.74, 6) is -0.278. The number of aliphatic imine (C=N–C) groups is 1. The number of amides is 1. The van der Waals surface area contributed by atoms with Crippen molar-refractivity contribution in [3.8, 4) is 0 Å². The monoisotopic (exact) mass is 356 g/mol. The molecule has 2 aliphatic heterocycles. The van der Waals surface area contributed by atoms with Gasteiger partial charge >= 0.3 is 6.18 Å². The Morgan fingerprint density at radius 2 is 1.96 bits per heavy atom. The van der Waals surface area contributed by atoms with Gasteiger partial charge < -0.3 is 4.74 Å². The van der Waals surface area contributed by atoms with Gasteiger partial charge in [0, 0.05) is 18.5 Å². The molecule has 0 bridgehead atoms. The Morgan fingerprint density at radius 3 is 2.62 bits per heavy atom. The standard InChI is InChI=1S/C16H15F3N2O2S/c1-9-2-3-11(16(17,18)19)13-14(9)20-12(21-15(13)22)8-24-10-4-6-23-7-5-10/h2-3,10H,1,4-8H2. The number of carbonyl (C=O) groups excluding carboxylic acids is 1. The van der Waals surface area contributed by atoms with Gasteiger partial charge in [-0.15, -0.1) is 0 Å². The SMILES string of the molecule is C=c1ccc(C(F)(F)F)c2c1=NC(CSC1CCOCC1)=NC2=O. The zero-order valence-electron chi connectivity index (χ0n) is 12.7. The molecule has 2 heterocycles. The molecule has 1 saturated heterocycles. The van der Waals surface area contributed by atoms with E-state index in [0.29, 0.717) is 24.2 Å². The number of thioether (sulfide) groups is 1. The quantitative estimate of drug-likeness (QED) is 0.834. The third-order valence-corrected chi connectivity index (χ3v) is 5.24. The number of hydrogen-bond donors (Lipinski definition) is 0. The molecule has 1 aromatic carbocycles. The molecule has 3 rings (SSSR count). The first kappa shape index (κ1) is 17.2. The lowest BCUT2D eigenvalue weighted by Crippen LogP contribution is -2.37. The summed E-state index contributed by atoms with van der Waals surface area (Å²) < 4.78 is 44.6. The maximum Gasteiger partial charge on any atom is 0.417 e. The molecular formula is C16H15F3N2O2S. The third-order valence-electron chi connectivity index (χ3n) is 3.87. The van der Waals surface area contributed by atoms with Crippen LogP contribution in [0.25, 0.3) is 6.58 Å². The van der Waals surface area contributed by atoms with Crippen molar-refractivity contribution in [2.75, 3.05) is 19.0 Å². The Hall–Kier alpha value is -1.67. The Bertz CT molecular complexity index is 799. The molecule has 0 saturated carbocycles. The first-order chi connectivity index (χ1) is 11.4. The summed E-state index contributed by atoms with van der Waals surface area (Å²) in [5.41, 5.74) is -1.52. The number of hydrogen-bond acceptors (Lipinski definition) is 4. The summed E-state index contributed by atoms with van der Waals surface area (Å²) in [7, 11) is 0. The number of halogens is 3. The van der Waals surface area contributed by atoms with Crippen molar-refractivity contribution in [2.45, 2.75) is 24.3 Å². The molecule has 24 heavy (non-hydrogen) atoms. The van der Waals surface area contributed by atoms with Gasteiger partial charge in [0.15, 0.2) is 0 Å². The van der Waals surface area contributed by atoms with Gasteiger partial charge in [0.05, 0.1) is 22.2 Å². The van der Waals surface area contributed by atoms with Gasteiger partial charge in [-0.2, -0.15) is 29.9 Å². The molecule has 2 aliphatic rings. The Kier molecular flexibility index (Phi) is 4.78. The molecule has 1 amide bonds. The fourth-order valence-electron chi connectivity index (χ4n) is 2.64. The van der Waals surface area contributed by atoms with E-state index in [0.717, 1.165) is 18.9 Å². The zero-order valence-corrected chi connectivity index (χ0v) is 13.5. The maximum atomic E-state index is 13.1. The fraction of sp³-hybridized carbons (Fsp3) is 0.438. The van der Waals surface area contributed by atoms with Gasteiger partial charge in [0.25, 0.3) is 5.91 Å². The van der Waals surface area contributed by atoms with Gasteiger partial charge in [-0.05, 0) is 24.1 Å². The smallest absolute Gasteiger partial charge is 0.381 e. The van der Waals surface area contributed by atoms with E-state index >= 15 is 0 Å². The van der Waals surface area contributed by atoms with E-state index in [1.807, 2.05) is 0 Å². The van der Waals surface area contributed by atoms with Crippen LogP contribution in [-0.2, 0) is 10.9 Å². The van der Waals surface area contributed by atoms with E-state index in [2.05, 4.69) is 16.6 Å². The topological polar surface area (TPSA) is 51.0 Å². The first-order valence-corrected chi connectivity index (χ1v) is 8.50. The number of nitrogens with zero attached hydrogens (tertiary/aromatic N) is 2. The molecule has 0 aliphatic carbocycles. The van der Waals surface area contributed by atoms with Gasteiger partial charge in [-0.1, -0.05) is 12.6 Å². The number of ether oxygens (including phenoxy) is 1. The number of benzene rings is 1. The molecule has 1 fully saturated rings. The van der Waals surface area contributed by atoms with E-state index in [1.54, 1.807) is 11.8 Å². The number of carbonyl (C=O) groups is 1. The highest BCUT2D eigenvalue weighted by Crippen LogP contribution is 2.31. The average Bonchev–Trinajstić information content (AvgIpc) is 2.54. The Labute approximate surface area is 140 Å². The second-order valence-electron chi connectivity index (χ2n) is 5.56. The number of rotatable bonds is 3. The molecule has 0 aromatic heterocycles. The minimum Gasteiger partial charge on any atom is -0.381 e. The van der Waals surface area contributed by atoms with E-state index in [4.69, 9.17) is 4.74 Å². The summed E-state index contributed by atoms with van der Waals surface area (Å²) in [4.78, 5) is 20.1. The van der Waals surface area contributed by atoms with Crippen molar-refractivity contribution in [1.82, 2.24) is 0 Å². The minimum atomic E-state index is -4.63. The highest BCUT2D eigenvalue weighted by Gasteiger charge is 2.37. The third kappa shape index (κ3) is 3.54. The first-order valence-electron chi connectivity index (χ1n) is 7.45. The summed E-state index contributed by atoms with van der Waals surface area (Å²) >= 11 is 1.60. The van der Waals surface area contributed by atoms with E-state index in [-0.39, 0.29) is 16.4 Å². The minimum absolute atomic E-state index is 0.0209. The molecule has 0 spiro atoms. The van der Waals surface area contributed by atoms with Crippen molar-refractivity contribution in [3.05, 3.63) is 33.8 Å². The molecule has 0 N–H and O–H groups in total. The van der Waals surface area contributed by atoms with Gasteiger partial charge in [0.1, 0.15) is 5.84 Å². The van der Waals surface area contributed by atoms with E-state index < -0.39 is 23.2 Å². The van der Waals surface area contributed by atoms with Crippen molar-refractivity contribution < 1.29 is 22.7 Å². The highest BCUT2D eigenvalue weighted by molar-refractivity contribution is 8.00. The molecule has 0 radical (unpaired) electrons. The normalized spacial score (nSPS) is 18.8. The predicted molar refractivity (Wildman–Crippen MR) is 85.8 cm³/mol. The largest absolute Gasteiger partial charge is 0.417 e. The maximum absolute atomic E-state index is 13.1. The van der Waals surface area contributed by atoms with Crippen LogP contribution in [0, 0.1) is 0 Å². The Morgan fingerprint density at radius 1 is 1.25 bits per heavy atom. The summed E-state index contributed by atoms with van der Waals surface area (Å²) in [6.45, 7) is 5.08. The molecular weight excluding hydrogens is 341 g/mol. The lowest BCUT2D eigenvalue weighted by molar-refractivity contribution is -0.138. The lowest BCUT2D eigenvalue weighted by atomic mass is 10.0. The van der Waals surface area contributed by atoms with Crippen LogP contribution < -0.4 is 10.6 Å². The molecule has 8 heteroatoms. The van der Waals surface area contributed by atoms with Crippen molar-refractivity contribution >= 4 is 30.1 Å². The molecule has 1 aromatic rings. The molecule has 0 unspecified atom stereocenters. The number of alkyl halides is 3. The van der Waals surface area contributed by atoms with Crippen LogP contribution in [0.3, 0.4) is 0 Å². The van der Waals surface area contributed by atoms with Crippen molar-refractivity contribution in [3.63, 3.8) is 0 Å². The van der Waals surface area contributed by atoms with Crippen LogP contribution in [-0.4, -0.2) is 36.0 Å². The predicted octanol–water partition coefficient (Wildman–Crippen LogP) is 2.20. The van der Waals surface area contributed by atoms with Gasteiger partial charge in [-0.25, -0.2) is 4.99 Å². The van der Waals surface area contributed by atoms with Crippen LogP contribution >= 0.6 is 11.8 Å². The van der Waals surface area contributed by atoms with Crippen LogP contribution in [0.2, 0.25) is 0 Å². The second kappa shape index (κ2) is 6.68. The number of amidine groups is 1. The van der Waals surface area contributed by atoms with Crippen LogP contribution in [0.4, 0.5) is 13.2 Å². The Balaban J connectivity index is 1.90. The summed E-state index contributed by atoms with van der Waals surface area (Å²) in [6.07, 6.45) is -2.82. The fourth-order valence-corrected chi connectivity index (χ4v) is 3.68. The van der Waals surface area contributed by atoms with E-state index in [1.165, 1.54) is 6.07 Å². The number of fused-ring (bicyclic) bond motifs is 1. The highest BCUT2D eigenvalue weighted by atomic mass is 32.2. The summed E-state index contributed by atoms with van der Waals surface area (Å²) in [5, 5.41) is 0.649. The molecule has 0 atom stereocenters. The average molecular weight is 356 g/mol. The van der Waals surface area contributed by atoms with Gasteiger partial charge in [-0.3, -0.25) is 4.79 Å². The van der Waals surface area contributed by atoms with Gasteiger partial charge in [0.2, 0.25) is 0 Å². The van der Waals surface area contributed by atoms with Crippen molar-refractivity contribution in [1.29, 1.82) is 0 Å². The van der Waals surface area contributed by atoms with E-state index in [9.17, 15) is 18.0 Å². The van der Waals surface area contributed by atoms with Crippen LogP contribution in [0.1, 0.15) is 28.8 Å². The second-order valence-corrected chi connectivity index (χ2v) is 6.85. The summed E-state index contributed by atoms with van der Waals surface area (Å²) in [6, 6.07) is 2.08. The van der Waals surface area contributed by atoms with Crippen LogP contribution in [0.15, 0.2) is 22.1 Å².